The number of allylic oxidation sites excluding steroid dienone is 2. The summed E-state index contributed by atoms with van der Waals surface area (Å²) in [4.78, 5) is 34.5. The van der Waals surface area contributed by atoms with Gasteiger partial charge in [-0.1, -0.05) is 167 Å². The molecule has 0 bridgehead atoms. The zero-order valence-corrected chi connectivity index (χ0v) is 34.9. The molecular weight excluding hydrogens is 695 g/mol. The van der Waals surface area contributed by atoms with Crippen LogP contribution in [-0.4, -0.2) is 65.7 Å². The predicted octanol–water partition coefficient (Wildman–Crippen LogP) is 11.2. The van der Waals surface area contributed by atoms with Crippen molar-refractivity contribution in [3.8, 4) is 0 Å². The third-order valence-corrected chi connectivity index (χ3v) is 10.4. The number of carbonyl (C=O) groups excluding carboxylic acids is 2. The molecule has 0 rings (SSSR count). The van der Waals surface area contributed by atoms with Crippen LogP contribution in [0.4, 0.5) is 0 Å². The quantitative estimate of drug-likeness (QED) is 0.0237. The number of esters is 2. The standard InChI is InChI=1S/C42H81O10P/c1-3-5-7-9-11-13-15-17-19-20-22-24-26-28-30-32-34-42(46)52-40(36-44)38-50-53(47,48)49-37-39(35-43)51-41(45)33-31-29-27-25-23-21-18-16-14-12-10-8-6-4-2/h16,18,39-40,43-44H,3-15,17,19-38H2,1-2H3,(H,47,48)/b18-16-. The smallest absolute Gasteiger partial charge is 0.457 e. The molecule has 10 nitrogen and oxygen atoms in total. The molecule has 0 spiro atoms. The molecule has 11 heteroatoms. The van der Waals surface area contributed by atoms with Crippen molar-refractivity contribution in [2.24, 2.45) is 0 Å². The minimum Gasteiger partial charge on any atom is -0.457 e. The van der Waals surface area contributed by atoms with E-state index in [4.69, 9.17) is 18.5 Å². The van der Waals surface area contributed by atoms with Crippen LogP contribution in [0.1, 0.15) is 206 Å². The molecule has 0 aromatic rings. The highest BCUT2D eigenvalue weighted by Gasteiger charge is 2.27. The molecule has 3 unspecified atom stereocenters. The number of ether oxygens (including phenoxy) is 2. The van der Waals surface area contributed by atoms with Crippen molar-refractivity contribution in [2.45, 2.75) is 219 Å². The topological polar surface area (TPSA) is 149 Å². The second-order valence-electron chi connectivity index (χ2n) is 14.7. The Morgan fingerprint density at radius 3 is 1.08 bits per heavy atom. The number of hydrogen-bond donors (Lipinski definition) is 3. The summed E-state index contributed by atoms with van der Waals surface area (Å²) in [6.07, 6.45) is 36.1. The second-order valence-corrected chi connectivity index (χ2v) is 16.1. The van der Waals surface area contributed by atoms with Crippen LogP contribution < -0.4 is 0 Å². The molecule has 0 fully saturated rings. The van der Waals surface area contributed by atoms with Crippen LogP contribution in [0.3, 0.4) is 0 Å². The monoisotopic (exact) mass is 777 g/mol. The maximum Gasteiger partial charge on any atom is 0.472 e. The third-order valence-electron chi connectivity index (χ3n) is 9.48. The number of phosphoric ester groups is 1. The van der Waals surface area contributed by atoms with Gasteiger partial charge in [0, 0.05) is 12.8 Å². The maximum absolute atomic E-state index is 12.3. The van der Waals surface area contributed by atoms with E-state index in [0.29, 0.717) is 12.8 Å². The first-order valence-electron chi connectivity index (χ1n) is 21.6. The van der Waals surface area contributed by atoms with Crippen LogP contribution >= 0.6 is 7.82 Å². The van der Waals surface area contributed by atoms with Gasteiger partial charge in [0.2, 0.25) is 0 Å². The first-order valence-corrected chi connectivity index (χ1v) is 23.1. The van der Waals surface area contributed by atoms with Crippen LogP contribution in [0.25, 0.3) is 0 Å². The molecule has 3 atom stereocenters. The summed E-state index contributed by atoms with van der Waals surface area (Å²) in [5, 5.41) is 19.1. The lowest BCUT2D eigenvalue weighted by atomic mass is 10.0. The van der Waals surface area contributed by atoms with E-state index in [-0.39, 0.29) is 12.8 Å². The van der Waals surface area contributed by atoms with Gasteiger partial charge in [-0.2, -0.15) is 0 Å². The van der Waals surface area contributed by atoms with Crippen LogP contribution in [-0.2, 0) is 32.7 Å². The van der Waals surface area contributed by atoms with E-state index in [1.807, 2.05) is 0 Å². The minimum absolute atomic E-state index is 0.185. The molecular formula is C42H81O10P. The first-order chi connectivity index (χ1) is 25.8. The Kier molecular flexibility index (Phi) is 38.0. The molecule has 0 aromatic heterocycles. The van der Waals surface area contributed by atoms with Crippen LogP contribution in [0.5, 0.6) is 0 Å². The normalized spacial score (nSPS) is 14.0. The lowest BCUT2D eigenvalue weighted by Crippen LogP contribution is -2.28. The van der Waals surface area contributed by atoms with E-state index in [2.05, 4.69) is 26.0 Å². The number of unbranched alkanes of at least 4 members (excludes halogenated alkanes) is 25. The van der Waals surface area contributed by atoms with Gasteiger partial charge in [-0.25, -0.2) is 4.57 Å². The molecule has 0 aromatic carbocycles. The van der Waals surface area contributed by atoms with Gasteiger partial charge in [0.15, 0.2) is 0 Å². The molecule has 0 aliphatic rings. The zero-order valence-electron chi connectivity index (χ0n) is 34.0. The highest BCUT2D eigenvalue weighted by molar-refractivity contribution is 7.47. The fraction of sp³-hybridized carbons (Fsp3) is 0.905. The SMILES string of the molecule is CCCCCCC/C=C\CCCCCCCC(=O)OC(CO)COP(=O)(O)OCC(CO)OC(=O)CCCCCCCCCCCCCCCCCC. The van der Waals surface area contributed by atoms with Crippen molar-refractivity contribution >= 4 is 19.8 Å². The van der Waals surface area contributed by atoms with E-state index in [0.717, 1.165) is 57.8 Å². The number of aliphatic hydroxyl groups is 2. The van der Waals surface area contributed by atoms with Crippen molar-refractivity contribution in [3.63, 3.8) is 0 Å². The van der Waals surface area contributed by atoms with Gasteiger partial charge in [0.25, 0.3) is 0 Å². The molecule has 0 heterocycles. The van der Waals surface area contributed by atoms with Crippen LogP contribution in [0.2, 0.25) is 0 Å². The number of hydrogen-bond acceptors (Lipinski definition) is 9. The largest absolute Gasteiger partial charge is 0.472 e. The van der Waals surface area contributed by atoms with E-state index in [9.17, 15) is 29.3 Å². The number of aliphatic hydroxyl groups excluding tert-OH is 2. The van der Waals surface area contributed by atoms with Crippen LogP contribution in [0, 0.1) is 0 Å². The third kappa shape index (κ3) is 37.4. The maximum atomic E-state index is 12.3. The summed E-state index contributed by atoms with van der Waals surface area (Å²) in [5.41, 5.74) is 0. The predicted molar refractivity (Wildman–Crippen MR) is 215 cm³/mol. The summed E-state index contributed by atoms with van der Waals surface area (Å²) in [7, 11) is -4.63. The van der Waals surface area contributed by atoms with Crippen molar-refractivity contribution < 1.29 is 47.8 Å². The van der Waals surface area contributed by atoms with E-state index in [1.165, 1.54) is 109 Å². The number of phosphoric acid groups is 1. The Bertz CT molecular complexity index is 899. The lowest BCUT2D eigenvalue weighted by Gasteiger charge is -2.20. The van der Waals surface area contributed by atoms with Crippen molar-refractivity contribution in [3.05, 3.63) is 12.2 Å². The summed E-state index contributed by atoms with van der Waals surface area (Å²) in [5.74, 6) is -1.02. The Balaban J connectivity index is 3.91. The highest BCUT2D eigenvalue weighted by atomic mass is 31.2. The Hall–Kier alpha value is -1.29. The number of carbonyl (C=O) groups is 2. The summed E-state index contributed by atoms with van der Waals surface area (Å²) in [6.45, 7) is 2.21. The molecule has 0 radical (unpaired) electrons. The molecule has 314 valence electrons. The minimum atomic E-state index is -4.63. The summed E-state index contributed by atoms with van der Waals surface area (Å²) in [6, 6.07) is 0. The Morgan fingerprint density at radius 2 is 0.774 bits per heavy atom. The molecule has 0 amide bonds. The average molecular weight is 777 g/mol. The first kappa shape index (κ1) is 51.7. The molecule has 0 saturated heterocycles. The van der Waals surface area contributed by atoms with Gasteiger partial charge in [-0.3, -0.25) is 18.6 Å². The molecule has 0 aliphatic carbocycles. The lowest BCUT2D eigenvalue weighted by molar-refractivity contribution is -0.153. The van der Waals surface area contributed by atoms with E-state index in [1.54, 1.807) is 0 Å². The van der Waals surface area contributed by atoms with Crippen molar-refractivity contribution in [2.75, 3.05) is 26.4 Å². The van der Waals surface area contributed by atoms with Crippen molar-refractivity contribution in [1.29, 1.82) is 0 Å². The fourth-order valence-corrected chi connectivity index (χ4v) is 6.89. The van der Waals surface area contributed by atoms with E-state index >= 15 is 0 Å². The Labute approximate surface area is 324 Å². The molecule has 53 heavy (non-hydrogen) atoms. The number of rotatable bonds is 41. The fourth-order valence-electron chi connectivity index (χ4n) is 6.11. The average Bonchev–Trinajstić information content (AvgIpc) is 3.14. The van der Waals surface area contributed by atoms with Crippen molar-refractivity contribution in [1.82, 2.24) is 0 Å². The Morgan fingerprint density at radius 1 is 0.491 bits per heavy atom. The van der Waals surface area contributed by atoms with Gasteiger partial charge in [-0.05, 0) is 38.5 Å². The van der Waals surface area contributed by atoms with E-state index < -0.39 is 58.4 Å². The van der Waals surface area contributed by atoms with Gasteiger partial charge >= 0.3 is 19.8 Å². The zero-order chi connectivity index (χ0) is 39.1. The molecule has 0 saturated carbocycles. The van der Waals surface area contributed by atoms with Gasteiger partial charge < -0.3 is 24.6 Å². The van der Waals surface area contributed by atoms with Gasteiger partial charge in [0.05, 0.1) is 26.4 Å². The van der Waals surface area contributed by atoms with Gasteiger partial charge in [0.1, 0.15) is 12.2 Å². The van der Waals surface area contributed by atoms with Crippen LogP contribution in [0.15, 0.2) is 12.2 Å². The summed E-state index contributed by atoms with van der Waals surface area (Å²) >= 11 is 0. The summed E-state index contributed by atoms with van der Waals surface area (Å²) < 4.78 is 32.5. The second kappa shape index (κ2) is 39.0. The molecule has 3 N–H and O–H groups in total. The molecule has 0 aliphatic heterocycles. The highest BCUT2D eigenvalue weighted by Crippen LogP contribution is 2.43. The van der Waals surface area contributed by atoms with Gasteiger partial charge in [-0.15, -0.1) is 0 Å².